The zero-order valence-corrected chi connectivity index (χ0v) is 18.3. The van der Waals surface area contributed by atoms with Crippen molar-refractivity contribution in [1.82, 2.24) is 19.4 Å². The van der Waals surface area contributed by atoms with Crippen molar-refractivity contribution >= 4 is 21.7 Å². The molecule has 0 radical (unpaired) electrons. The molecule has 0 amide bonds. The third-order valence-corrected chi connectivity index (χ3v) is 7.64. The topological polar surface area (TPSA) is 82.1 Å². The fourth-order valence-corrected chi connectivity index (χ4v) is 5.17. The lowest BCUT2D eigenvalue weighted by atomic mass is 10.3. The number of nitrogens with zero attached hydrogens (tertiary/aromatic N) is 6. The summed E-state index contributed by atoms with van der Waals surface area (Å²) in [7, 11) is 0.170. The molecule has 2 aliphatic heterocycles. The SMILES string of the molecule is COc1ccc(S(=O)(=O)N2CCN(c3ccc(N4CCN(C)CC4)nn3)CC2)cc1. The number of aromatic nitrogens is 2. The summed E-state index contributed by atoms with van der Waals surface area (Å²) in [4.78, 5) is 6.92. The molecule has 2 saturated heterocycles. The van der Waals surface area contributed by atoms with Gasteiger partial charge in [-0.05, 0) is 43.4 Å². The number of benzene rings is 1. The quantitative estimate of drug-likeness (QED) is 0.685. The van der Waals surface area contributed by atoms with Crippen molar-refractivity contribution in [2.75, 3.05) is 76.3 Å². The van der Waals surface area contributed by atoms with Crippen LogP contribution in [0.1, 0.15) is 0 Å². The summed E-state index contributed by atoms with van der Waals surface area (Å²) in [5, 5.41) is 8.81. The van der Waals surface area contributed by atoms with Gasteiger partial charge in [-0.3, -0.25) is 0 Å². The Morgan fingerprint density at radius 1 is 0.767 bits per heavy atom. The van der Waals surface area contributed by atoms with E-state index in [4.69, 9.17) is 4.74 Å². The summed E-state index contributed by atoms with van der Waals surface area (Å²) in [6.07, 6.45) is 0. The van der Waals surface area contributed by atoms with E-state index in [2.05, 4.69) is 31.9 Å². The van der Waals surface area contributed by atoms with Crippen LogP contribution in [0.3, 0.4) is 0 Å². The summed E-state index contributed by atoms with van der Waals surface area (Å²) in [5.74, 6) is 2.32. The Kier molecular flexibility index (Phi) is 6.07. The number of hydrogen-bond acceptors (Lipinski definition) is 8. The second-order valence-electron chi connectivity index (χ2n) is 7.61. The van der Waals surface area contributed by atoms with Gasteiger partial charge in [0.15, 0.2) is 11.6 Å². The fourth-order valence-electron chi connectivity index (χ4n) is 3.75. The molecule has 0 atom stereocenters. The Hall–Kier alpha value is -2.43. The van der Waals surface area contributed by atoms with Crippen LogP contribution in [0.2, 0.25) is 0 Å². The molecular weight excluding hydrogens is 404 g/mol. The van der Waals surface area contributed by atoms with E-state index in [0.717, 1.165) is 37.8 Å². The lowest BCUT2D eigenvalue weighted by Gasteiger charge is -2.35. The molecule has 1 aromatic carbocycles. The van der Waals surface area contributed by atoms with Gasteiger partial charge in [0.05, 0.1) is 12.0 Å². The lowest BCUT2D eigenvalue weighted by Crippen LogP contribution is -2.49. The maximum Gasteiger partial charge on any atom is 0.243 e. The molecule has 30 heavy (non-hydrogen) atoms. The molecule has 0 N–H and O–H groups in total. The summed E-state index contributed by atoms with van der Waals surface area (Å²) in [6, 6.07) is 10.5. The third kappa shape index (κ3) is 4.35. The zero-order chi connectivity index (χ0) is 21.1. The van der Waals surface area contributed by atoms with Crippen molar-refractivity contribution in [2.24, 2.45) is 0 Å². The highest BCUT2D eigenvalue weighted by atomic mass is 32.2. The van der Waals surface area contributed by atoms with Gasteiger partial charge in [-0.1, -0.05) is 0 Å². The van der Waals surface area contributed by atoms with Crippen LogP contribution in [0.25, 0.3) is 0 Å². The highest BCUT2D eigenvalue weighted by molar-refractivity contribution is 7.89. The van der Waals surface area contributed by atoms with E-state index in [0.29, 0.717) is 31.9 Å². The Balaban J connectivity index is 1.37. The lowest BCUT2D eigenvalue weighted by molar-refractivity contribution is 0.312. The summed E-state index contributed by atoms with van der Waals surface area (Å²) in [5.41, 5.74) is 0. The predicted octanol–water partition coefficient (Wildman–Crippen LogP) is 0.748. The molecule has 3 heterocycles. The van der Waals surface area contributed by atoms with E-state index in [1.807, 2.05) is 12.1 Å². The van der Waals surface area contributed by atoms with Crippen molar-refractivity contribution in [3.8, 4) is 5.75 Å². The van der Waals surface area contributed by atoms with Gasteiger partial charge in [-0.2, -0.15) is 4.31 Å². The number of piperazine rings is 2. The van der Waals surface area contributed by atoms with Crippen LogP contribution in [-0.4, -0.2) is 94.3 Å². The van der Waals surface area contributed by atoms with Crippen molar-refractivity contribution in [2.45, 2.75) is 4.90 Å². The number of rotatable bonds is 5. The van der Waals surface area contributed by atoms with Gasteiger partial charge in [0.25, 0.3) is 0 Å². The van der Waals surface area contributed by atoms with Crippen LogP contribution < -0.4 is 14.5 Å². The second-order valence-corrected chi connectivity index (χ2v) is 9.54. The molecule has 1 aromatic heterocycles. The molecule has 9 nitrogen and oxygen atoms in total. The predicted molar refractivity (Wildman–Crippen MR) is 116 cm³/mol. The van der Waals surface area contributed by atoms with E-state index in [9.17, 15) is 8.42 Å². The first-order valence-corrected chi connectivity index (χ1v) is 11.6. The monoisotopic (exact) mass is 432 g/mol. The first-order chi connectivity index (χ1) is 14.5. The van der Waals surface area contributed by atoms with Crippen LogP contribution in [0, 0.1) is 0 Å². The molecule has 162 valence electrons. The van der Waals surface area contributed by atoms with Crippen molar-refractivity contribution in [3.05, 3.63) is 36.4 Å². The van der Waals surface area contributed by atoms with E-state index < -0.39 is 10.0 Å². The minimum atomic E-state index is -3.51. The number of methoxy groups -OCH3 is 1. The minimum Gasteiger partial charge on any atom is -0.497 e. The maximum absolute atomic E-state index is 12.9. The molecule has 2 fully saturated rings. The molecule has 10 heteroatoms. The van der Waals surface area contributed by atoms with Gasteiger partial charge >= 0.3 is 0 Å². The molecule has 0 unspecified atom stereocenters. The van der Waals surface area contributed by atoms with Crippen molar-refractivity contribution in [1.29, 1.82) is 0 Å². The van der Waals surface area contributed by atoms with E-state index in [1.165, 1.54) is 4.31 Å². The van der Waals surface area contributed by atoms with Gasteiger partial charge < -0.3 is 19.4 Å². The Labute approximate surface area is 177 Å². The number of likely N-dealkylation sites (N-methyl/N-ethyl adjacent to an activating group) is 1. The van der Waals surface area contributed by atoms with Gasteiger partial charge in [0.1, 0.15) is 5.75 Å². The van der Waals surface area contributed by atoms with Crippen molar-refractivity contribution < 1.29 is 13.2 Å². The van der Waals surface area contributed by atoms with E-state index in [1.54, 1.807) is 31.4 Å². The highest BCUT2D eigenvalue weighted by Gasteiger charge is 2.29. The summed E-state index contributed by atoms with van der Waals surface area (Å²) >= 11 is 0. The van der Waals surface area contributed by atoms with E-state index >= 15 is 0 Å². The maximum atomic E-state index is 12.9. The summed E-state index contributed by atoms with van der Waals surface area (Å²) < 4.78 is 32.4. The van der Waals surface area contributed by atoms with Gasteiger partial charge in [-0.25, -0.2) is 8.42 Å². The smallest absolute Gasteiger partial charge is 0.243 e. The zero-order valence-electron chi connectivity index (χ0n) is 17.4. The first-order valence-electron chi connectivity index (χ1n) is 10.1. The number of hydrogen-bond donors (Lipinski definition) is 0. The highest BCUT2D eigenvalue weighted by Crippen LogP contribution is 2.22. The van der Waals surface area contributed by atoms with Crippen LogP contribution in [0.4, 0.5) is 11.6 Å². The average molecular weight is 433 g/mol. The molecule has 0 bridgehead atoms. The van der Waals surface area contributed by atoms with Crippen LogP contribution in [-0.2, 0) is 10.0 Å². The normalized spacial score (nSPS) is 19.1. The van der Waals surface area contributed by atoms with Crippen LogP contribution >= 0.6 is 0 Å². The number of sulfonamides is 1. The Morgan fingerprint density at radius 2 is 1.27 bits per heavy atom. The fraction of sp³-hybridized carbons (Fsp3) is 0.500. The standard InChI is InChI=1S/C20H28N6O3S/c1-23-9-11-24(12-10-23)19-7-8-20(22-21-19)25-13-15-26(16-14-25)30(27,28)18-5-3-17(29-2)4-6-18/h3-8H,9-16H2,1-2H3. The van der Waals surface area contributed by atoms with Crippen molar-refractivity contribution in [3.63, 3.8) is 0 Å². The average Bonchev–Trinajstić information content (AvgIpc) is 2.80. The van der Waals surface area contributed by atoms with Gasteiger partial charge in [0, 0.05) is 52.4 Å². The molecule has 0 aliphatic carbocycles. The Bertz CT molecular complexity index is 936. The van der Waals surface area contributed by atoms with Gasteiger partial charge in [-0.15, -0.1) is 10.2 Å². The third-order valence-electron chi connectivity index (χ3n) is 5.72. The second kappa shape index (κ2) is 8.75. The molecular formula is C20H28N6O3S. The largest absolute Gasteiger partial charge is 0.497 e. The van der Waals surface area contributed by atoms with Crippen LogP contribution in [0.5, 0.6) is 5.75 Å². The molecule has 2 aromatic rings. The molecule has 0 saturated carbocycles. The molecule has 2 aliphatic rings. The molecule has 0 spiro atoms. The number of ether oxygens (including phenoxy) is 1. The number of anilines is 2. The summed E-state index contributed by atoms with van der Waals surface area (Å²) in [6.45, 7) is 5.93. The van der Waals surface area contributed by atoms with Gasteiger partial charge in [0.2, 0.25) is 10.0 Å². The van der Waals surface area contributed by atoms with Crippen LogP contribution in [0.15, 0.2) is 41.3 Å². The minimum absolute atomic E-state index is 0.285. The molecule has 4 rings (SSSR count). The first kappa shape index (κ1) is 20.8. The van der Waals surface area contributed by atoms with E-state index in [-0.39, 0.29) is 4.90 Å². The Morgan fingerprint density at radius 3 is 1.73 bits per heavy atom.